The van der Waals surface area contributed by atoms with Crippen LogP contribution in [0.2, 0.25) is 0 Å². The van der Waals surface area contributed by atoms with Crippen LogP contribution in [0.4, 0.5) is 5.69 Å². The number of hydrogen-bond donors (Lipinski definition) is 2. The number of nitrogens with zero attached hydrogens (tertiary/aromatic N) is 1. The van der Waals surface area contributed by atoms with Gasteiger partial charge in [-0.05, 0) is 79.6 Å². The van der Waals surface area contributed by atoms with Crippen LogP contribution in [0.1, 0.15) is 28.4 Å². The molecule has 7 nitrogen and oxygen atoms in total. The zero-order valence-electron chi connectivity index (χ0n) is 18.3. The lowest BCUT2D eigenvalue weighted by molar-refractivity contribution is -0.119. The summed E-state index contributed by atoms with van der Waals surface area (Å²) < 4.78 is 12.0. The van der Waals surface area contributed by atoms with Crippen LogP contribution in [0.25, 0.3) is 0 Å². The number of aryl methyl sites for hydroxylation is 1. The van der Waals surface area contributed by atoms with E-state index in [-0.39, 0.29) is 12.5 Å². The van der Waals surface area contributed by atoms with Gasteiger partial charge in [-0.1, -0.05) is 28.1 Å². The Bertz CT molecular complexity index is 1150. The first kappa shape index (κ1) is 24.0. The second-order valence-corrected chi connectivity index (χ2v) is 7.97. The summed E-state index contributed by atoms with van der Waals surface area (Å²) in [5.41, 5.74) is 5.55. The summed E-state index contributed by atoms with van der Waals surface area (Å²) in [6.45, 7) is 4.31. The number of hydrogen-bond acceptors (Lipinski definition) is 6. The van der Waals surface area contributed by atoms with Crippen LogP contribution in [0.15, 0.2) is 76.3 Å². The molecule has 0 fully saturated rings. The molecule has 3 aromatic carbocycles. The predicted octanol–water partition coefficient (Wildman–Crippen LogP) is 4.94. The molecule has 0 spiro atoms. The number of amides is 1. The molecule has 0 aromatic heterocycles. The smallest absolute Gasteiger partial charge is 0.343 e. The second kappa shape index (κ2) is 11.8. The standard InChI is InChI=1S/C25H24BrN3O4/c1-3-32-23-14-18(7-12-22(23)33-25(31)19-8-10-20(26)11-9-19)15-28-29-24(30)16-27-21-6-4-5-17(2)13-21/h4-15,27H,3,16H2,1-2H3,(H,29,30)/b28-15-. The Kier molecular flexibility index (Phi) is 8.60. The van der Waals surface area contributed by atoms with E-state index in [1.54, 1.807) is 42.5 Å². The number of carbonyl (C=O) groups excluding carboxylic acids is 2. The maximum Gasteiger partial charge on any atom is 0.343 e. The first-order valence-corrected chi connectivity index (χ1v) is 11.1. The fraction of sp³-hybridized carbons (Fsp3) is 0.160. The summed E-state index contributed by atoms with van der Waals surface area (Å²) >= 11 is 3.34. The Labute approximate surface area is 200 Å². The SMILES string of the molecule is CCOc1cc(/C=N\NC(=O)CNc2cccc(C)c2)ccc1OC(=O)c1ccc(Br)cc1. The van der Waals surface area contributed by atoms with Crippen molar-refractivity contribution in [2.24, 2.45) is 5.10 Å². The minimum absolute atomic E-state index is 0.0932. The van der Waals surface area contributed by atoms with Crippen LogP contribution in [-0.4, -0.2) is 31.2 Å². The molecule has 0 aliphatic rings. The molecule has 0 unspecified atom stereocenters. The van der Waals surface area contributed by atoms with E-state index in [0.29, 0.717) is 29.2 Å². The number of esters is 1. The summed E-state index contributed by atoms with van der Waals surface area (Å²) in [6, 6.07) is 19.7. The van der Waals surface area contributed by atoms with Crippen LogP contribution in [0.3, 0.4) is 0 Å². The van der Waals surface area contributed by atoms with Crippen molar-refractivity contribution < 1.29 is 19.1 Å². The van der Waals surface area contributed by atoms with Crippen LogP contribution < -0.4 is 20.2 Å². The number of benzene rings is 3. The molecule has 2 N–H and O–H groups in total. The Morgan fingerprint density at radius 3 is 2.55 bits per heavy atom. The van der Waals surface area contributed by atoms with Gasteiger partial charge >= 0.3 is 5.97 Å². The van der Waals surface area contributed by atoms with E-state index in [1.165, 1.54) is 6.21 Å². The molecule has 0 aliphatic heterocycles. The lowest BCUT2D eigenvalue weighted by atomic mass is 10.2. The Balaban J connectivity index is 1.59. The molecule has 170 valence electrons. The molecule has 0 saturated carbocycles. The van der Waals surface area contributed by atoms with Gasteiger partial charge in [0.2, 0.25) is 0 Å². The van der Waals surface area contributed by atoms with Crippen molar-refractivity contribution in [2.75, 3.05) is 18.5 Å². The quantitative estimate of drug-likeness (QED) is 0.184. The molecule has 8 heteroatoms. The highest BCUT2D eigenvalue weighted by Crippen LogP contribution is 2.29. The number of ether oxygens (including phenoxy) is 2. The van der Waals surface area contributed by atoms with E-state index in [9.17, 15) is 9.59 Å². The van der Waals surface area contributed by atoms with Gasteiger partial charge in [-0.3, -0.25) is 4.79 Å². The van der Waals surface area contributed by atoms with Crippen molar-refractivity contribution in [1.82, 2.24) is 5.43 Å². The van der Waals surface area contributed by atoms with Gasteiger partial charge in [0.15, 0.2) is 11.5 Å². The average molecular weight is 510 g/mol. The maximum atomic E-state index is 12.4. The van der Waals surface area contributed by atoms with Crippen molar-refractivity contribution in [3.05, 3.63) is 87.9 Å². The summed E-state index contributed by atoms with van der Waals surface area (Å²) in [5.74, 6) is -0.0660. The van der Waals surface area contributed by atoms with Crippen LogP contribution in [-0.2, 0) is 4.79 Å². The van der Waals surface area contributed by atoms with E-state index < -0.39 is 5.97 Å². The highest BCUT2D eigenvalue weighted by molar-refractivity contribution is 9.10. The summed E-state index contributed by atoms with van der Waals surface area (Å²) in [6.07, 6.45) is 1.49. The van der Waals surface area contributed by atoms with E-state index in [4.69, 9.17) is 9.47 Å². The van der Waals surface area contributed by atoms with E-state index in [2.05, 4.69) is 31.8 Å². The molecule has 0 aliphatic carbocycles. The third-order valence-corrected chi connectivity index (χ3v) is 4.95. The predicted molar refractivity (Wildman–Crippen MR) is 132 cm³/mol. The molecule has 3 rings (SSSR count). The number of rotatable bonds is 9. The molecule has 3 aromatic rings. The van der Waals surface area contributed by atoms with Gasteiger partial charge in [-0.25, -0.2) is 10.2 Å². The van der Waals surface area contributed by atoms with E-state index >= 15 is 0 Å². The van der Waals surface area contributed by atoms with Crippen molar-refractivity contribution >= 4 is 39.7 Å². The van der Waals surface area contributed by atoms with Gasteiger partial charge in [-0.2, -0.15) is 5.10 Å². The Morgan fingerprint density at radius 2 is 1.82 bits per heavy atom. The van der Waals surface area contributed by atoms with Gasteiger partial charge in [-0.15, -0.1) is 0 Å². The van der Waals surface area contributed by atoms with Gasteiger partial charge in [0.25, 0.3) is 5.91 Å². The highest BCUT2D eigenvalue weighted by atomic mass is 79.9. The summed E-state index contributed by atoms with van der Waals surface area (Å²) in [5, 5.41) is 7.03. The van der Waals surface area contributed by atoms with Crippen LogP contribution in [0.5, 0.6) is 11.5 Å². The maximum absolute atomic E-state index is 12.4. The fourth-order valence-electron chi connectivity index (χ4n) is 2.86. The molecule has 0 bridgehead atoms. The Hall–Kier alpha value is -3.65. The number of halogens is 1. The fourth-order valence-corrected chi connectivity index (χ4v) is 3.12. The van der Waals surface area contributed by atoms with Crippen molar-refractivity contribution in [1.29, 1.82) is 0 Å². The zero-order chi connectivity index (χ0) is 23.6. The largest absolute Gasteiger partial charge is 0.490 e. The van der Waals surface area contributed by atoms with Crippen LogP contribution >= 0.6 is 15.9 Å². The minimum Gasteiger partial charge on any atom is -0.490 e. The van der Waals surface area contributed by atoms with Crippen molar-refractivity contribution in [3.63, 3.8) is 0 Å². The molecule has 0 heterocycles. The van der Waals surface area contributed by atoms with Gasteiger partial charge in [0.1, 0.15) is 0 Å². The average Bonchev–Trinajstić information content (AvgIpc) is 2.80. The highest BCUT2D eigenvalue weighted by Gasteiger charge is 2.13. The Morgan fingerprint density at radius 1 is 1.03 bits per heavy atom. The topological polar surface area (TPSA) is 89.0 Å². The first-order chi connectivity index (χ1) is 15.9. The van der Waals surface area contributed by atoms with Gasteiger partial charge in [0.05, 0.1) is 24.9 Å². The monoisotopic (exact) mass is 509 g/mol. The molecular weight excluding hydrogens is 486 g/mol. The molecule has 0 saturated heterocycles. The minimum atomic E-state index is -0.488. The molecule has 33 heavy (non-hydrogen) atoms. The number of hydrazone groups is 1. The van der Waals surface area contributed by atoms with E-state index in [1.807, 2.05) is 38.1 Å². The number of nitrogens with one attached hydrogen (secondary N) is 2. The number of carbonyl (C=O) groups is 2. The molecular formula is C25H24BrN3O4. The lowest BCUT2D eigenvalue weighted by Gasteiger charge is -2.11. The third kappa shape index (κ3) is 7.47. The third-order valence-electron chi connectivity index (χ3n) is 4.42. The lowest BCUT2D eigenvalue weighted by Crippen LogP contribution is -2.25. The van der Waals surface area contributed by atoms with Gasteiger partial charge < -0.3 is 14.8 Å². The summed E-state index contributed by atoms with van der Waals surface area (Å²) in [7, 11) is 0. The number of anilines is 1. The first-order valence-electron chi connectivity index (χ1n) is 10.3. The van der Waals surface area contributed by atoms with Crippen molar-refractivity contribution in [3.8, 4) is 11.5 Å². The van der Waals surface area contributed by atoms with Gasteiger partial charge in [0, 0.05) is 10.2 Å². The normalized spacial score (nSPS) is 10.6. The summed E-state index contributed by atoms with van der Waals surface area (Å²) in [4.78, 5) is 24.4. The molecule has 0 atom stereocenters. The van der Waals surface area contributed by atoms with E-state index in [0.717, 1.165) is 15.7 Å². The molecule has 1 amide bonds. The molecule has 0 radical (unpaired) electrons. The second-order valence-electron chi connectivity index (χ2n) is 7.05. The van der Waals surface area contributed by atoms with Crippen molar-refractivity contribution in [2.45, 2.75) is 13.8 Å². The zero-order valence-corrected chi connectivity index (χ0v) is 19.9. The van der Waals surface area contributed by atoms with Crippen LogP contribution in [0, 0.1) is 6.92 Å².